The molecule has 27 heavy (non-hydrogen) atoms. The highest BCUT2D eigenvalue weighted by Gasteiger charge is 2.25. The average molecular weight is 368 g/mol. The van der Waals surface area contributed by atoms with Crippen molar-refractivity contribution in [2.24, 2.45) is 0 Å². The molecule has 0 unspecified atom stereocenters. The molecule has 0 N–H and O–H groups in total. The first-order valence-electron chi connectivity index (χ1n) is 9.55. The molecule has 0 bridgehead atoms. The first-order valence-corrected chi connectivity index (χ1v) is 9.55. The molecule has 2 heterocycles. The second-order valence-corrected chi connectivity index (χ2v) is 6.77. The smallest absolute Gasteiger partial charge is 0.169 e. The van der Waals surface area contributed by atoms with E-state index in [1.165, 1.54) is 12.1 Å². The van der Waals surface area contributed by atoms with Gasteiger partial charge < -0.3 is 9.64 Å². The molecule has 1 aromatic carbocycles. The van der Waals surface area contributed by atoms with Gasteiger partial charge in [-0.05, 0) is 48.9 Å². The molecule has 1 aromatic heterocycles. The summed E-state index contributed by atoms with van der Waals surface area (Å²) < 4.78 is 18.9. The minimum absolute atomic E-state index is 0.158. The maximum Gasteiger partial charge on any atom is 0.169 e. The lowest BCUT2D eigenvalue weighted by atomic mass is 10.0. The van der Waals surface area contributed by atoms with Crippen LogP contribution in [0.2, 0.25) is 0 Å². The van der Waals surface area contributed by atoms with E-state index in [1.54, 1.807) is 12.1 Å². The van der Waals surface area contributed by atoms with Crippen molar-refractivity contribution in [3.8, 4) is 6.07 Å². The molecule has 0 saturated carbocycles. The molecular formula is C21H25FN4O. The van der Waals surface area contributed by atoms with Crippen LogP contribution in [-0.4, -0.2) is 29.4 Å². The summed E-state index contributed by atoms with van der Waals surface area (Å²) >= 11 is 0. The minimum Gasteiger partial charge on any atom is -0.373 e. The van der Waals surface area contributed by atoms with Gasteiger partial charge in [0, 0.05) is 13.1 Å². The van der Waals surface area contributed by atoms with Gasteiger partial charge in [0.25, 0.3) is 0 Å². The number of ether oxygens (including phenoxy) is 1. The second kappa shape index (κ2) is 8.92. The van der Waals surface area contributed by atoms with Crippen LogP contribution in [0.1, 0.15) is 49.1 Å². The quantitative estimate of drug-likeness (QED) is 0.776. The number of piperidine rings is 1. The van der Waals surface area contributed by atoms with Gasteiger partial charge in [0.15, 0.2) is 5.82 Å². The van der Waals surface area contributed by atoms with E-state index in [-0.39, 0.29) is 11.9 Å². The van der Waals surface area contributed by atoms with Gasteiger partial charge in [-0.25, -0.2) is 4.39 Å². The molecule has 1 aliphatic rings. The Balaban J connectivity index is 1.62. The number of aromatic nitrogens is 2. The van der Waals surface area contributed by atoms with Crippen molar-refractivity contribution in [3.05, 3.63) is 52.5 Å². The Bertz CT molecular complexity index is 808. The molecule has 1 fully saturated rings. The van der Waals surface area contributed by atoms with E-state index >= 15 is 0 Å². The topological polar surface area (TPSA) is 62.0 Å². The fourth-order valence-electron chi connectivity index (χ4n) is 3.53. The Hall–Kier alpha value is -2.52. The van der Waals surface area contributed by atoms with E-state index in [0.717, 1.165) is 55.6 Å². The van der Waals surface area contributed by atoms with Gasteiger partial charge in [0.2, 0.25) is 0 Å². The zero-order chi connectivity index (χ0) is 19.2. The highest BCUT2D eigenvalue weighted by Crippen LogP contribution is 2.26. The fraction of sp³-hybridized carbons (Fsp3) is 0.476. The SMILES string of the molecule is CCc1nnc(N2CCC(OCc3ccc(F)cc3)CC2)c(C#N)c1CC. The number of anilines is 1. The number of nitrogens with zero attached hydrogens (tertiary/aromatic N) is 4. The van der Waals surface area contributed by atoms with Gasteiger partial charge in [-0.3, -0.25) is 0 Å². The Morgan fingerprint density at radius 3 is 2.44 bits per heavy atom. The zero-order valence-corrected chi connectivity index (χ0v) is 15.9. The first-order chi connectivity index (χ1) is 13.2. The van der Waals surface area contributed by atoms with Crippen LogP contribution in [0.4, 0.5) is 10.2 Å². The lowest BCUT2D eigenvalue weighted by Crippen LogP contribution is -2.38. The third kappa shape index (κ3) is 4.42. The molecule has 6 heteroatoms. The van der Waals surface area contributed by atoms with E-state index < -0.39 is 0 Å². The van der Waals surface area contributed by atoms with Gasteiger partial charge in [-0.1, -0.05) is 26.0 Å². The standard InChI is InChI=1S/C21H25FN4O/c1-3-18-19(13-23)21(25-24-20(18)4-2)26-11-9-17(10-12-26)27-14-15-5-7-16(22)8-6-15/h5-8,17H,3-4,9-12,14H2,1-2H3. The van der Waals surface area contributed by atoms with E-state index in [1.807, 2.05) is 6.92 Å². The number of aryl methyl sites for hydroxylation is 1. The van der Waals surface area contributed by atoms with Gasteiger partial charge >= 0.3 is 0 Å². The number of benzene rings is 1. The van der Waals surface area contributed by atoms with Gasteiger partial charge in [0.05, 0.1) is 18.4 Å². The maximum atomic E-state index is 13.0. The normalized spacial score (nSPS) is 15.0. The third-order valence-electron chi connectivity index (χ3n) is 5.08. The van der Waals surface area contributed by atoms with Gasteiger partial charge in [0.1, 0.15) is 17.4 Å². The van der Waals surface area contributed by atoms with Crippen LogP contribution in [0.15, 0.2) is 24.3 Å². The highest BCUT2D eigenvalue weighted by atomic mass is 19.1. The monoisotopic (exact) mass is 368 g/mol. The number of nitriles is 1. The summed E-state index contributed by atoms with van der Waals surface area (Å²) in [6, 6.07) is 8.75. The van der Waals surface area contributed by atoms with Crippen molar-refractivity contribution in [1.29, 1.82) is 5.26 Å². The fourth-order valence-corrected chi connectivity index (χ4v) is 3.53. The zero-order valence-electron chi connectivity index (χ0n) is 15.9. The summed E-state index contributed by atoms with van der Waals surface area (Å²) in [5, 5.41) is 18.4. The molecule has 3 rings (SSSR count). The number of halogens is 1. The molecule has 0 spiro atoms. The molecule has 0 atom stereocenters. The van der Waals surface area contributed by atoms with Crippen molar-refractivity contribution in [3.63, 3.8) is 0 Å². The summed E-state index contributed by atoms with van der Waals surface area (Å²) in [6.45, 7) is 6.14. The van der Waals surface area contributed by atoms with Crippen LogP contribution in [0.3, 0.4) is 0 Å². The Labute approximate surface area is 159 Å². The number of hydrogen-bond acceptors (Lipinski definition) is 5. The van der Waals surface area contributed by atoms with E-state index in [0.29, 0.717) is 18.0 Å². The lowest BCUT2D eigenvalue weighted by Gasteiger charge is -2.33. The number of rotatable bonds is 6. The predicted molar refractivity (Wildman–Crippen MR) is 102 cm³/mol. The van der Waals surface area contributed by atoms with Crippen LogP contribution in [-0.2, 0) is 24.2 Å². The van der Waals surface area contributed by atoms with E-state index in [9.17, 15) is 9.65 Å². The van der Waals surface area contributed by atoms with Crippen molar-refractivity contribution in [1.82, 2.24) is 10.2 Å². The average Bonchev–Trinajstić information content (AvgIpc) is 2.72. The van der Waals surface area contributed by atoms with Gasteiger partial charge in [-0.2, -0.15) is 10.4 Å². The maximum absolute atomic E-state index is 13.0. The van der Waals surface area contributed by atoms with Crippen LogP contribution in [0.25, 0.3) is 0 Å². The molecule has 2 aromatic rings. The van der Waals surface area contributed by atoms with Crippen LogP contribution >= 0.6 is 0 Å². The first kappa shape index (κ1) is 19.2. The van der Waals surface area contributed by atoms with Gasteiger partial charge in [-0.15, -0.1) is 5.10 Å². The van der Waals surface area contributed by atoms with Crippen LogP contribution in [0, 0.1) is 17.1 Å². The summed E-state index contributed by atoms with van der Waals surface area (Å²) in [5.74, 6) is 0.463. The Kier molecular flexibility index (Phi) is 6.36. The molecule has 0 radical (unpaired) electrons. The van der Waals surface area contributed by atoms with E-state index in [2.05, 4.69) is 28.1 Å². The molecule has 1 saturated heterocycles. The number of hydrogen-bond donors (Lipinski definition) is 0. The van der Waals surface area contributed by atoms with Crippen molar-refractivity contribution in [2.45, 2.75) is 52.2 Å². The molecular weight excluding hydrogens is 343 g/mol. The predicted octanol–water partition coefficient (Wildman–Crippen LogP) is 3.80. The third-order valence-corrected chi connectivity index (χ3v) is 5.08. The van der Waals surface area contributed by atoms with Crippen LogP contribution < -0.4 is 4.90 Å². The molecule has 5 nitrogen and oxygen atoms in total. The van der Waals surface area contributed by atoms with Crippen molar-refractivity contribution in [2.75, 3.05) is 18.0 Å². The Morgan fingerprint density at radius 1 is 1.15 bits per heavy atom. The van der Waals surface area contributed by atoms with Crippen molar-refractivity contribution < 1.29 is 9.13 Å². The highest BCUT2D eigenvalue weighted by molar-refractivity contribution is 5.58. The molecule has 1 aliphatic heterocycles. The summed E-state index contributed by atoms with van der Waals surface area (Å²) in [4.78, 5) is 2.14. The summed E-state index contributed by atoms with van der Waals surface area (Å²) in [5.41, 5.74) is 3.56. The van der Waals surface area contributed by atoms with Crippen molar-refractivity contribution >= 4 is 5.82 Å². The van der Waals surface area contributed by atoms with Crippen LogP contribution in [0.5, 0.6) is 0 Å². The minimum atomic E-state index is -0.234. The molecule has 0 aliphatic carbocycles. The summed E-state index contributed by atoms with van der Waals surface area (Å²) in [6.07, 6.45) is 3.46. The second-order valence-electron chi connectivity index (χ2n) is 6.77. The largest absolute Gasteiger partial charge is 0.373 e. The molecule has 142 valence electrons. The summed E-state index contributed by atoms with van der Waals surface area (Å²) in [7, 11) is 0. The lowest BCUT2D eigenvalue weighted by molar-refractivity contribution is 0.0250. The Morgan fingerprint density at radius 2 is 1.85 bits per heavy atom. The van der Waals surface area contributed by atoms with E-state index in [4.69, 9.17) is 4.74 Å². The molecule has 0 amide bonds.